The standard InChI is InChI=1S/C11H24N2O/c1-5-6-13-10(14)7-9(12)8-11(2,3)4/h9H,5-8,12H2,1-4H3,(H,13,14). The lowest BCUT2D eigenvalue weighted by Gasteiger charge is -2.22. The van der Waals surface area contributed by atoms with E-state index in [0.717, 1.165) is 19.4 Å². The molecule has 1 unspecified atom stereocenters. The Bertz CT molecular complexity index is 173. The molecule has 0 saturated heterocycles. The normalized spacial score (nSPS) is 13.8. The van der Waals surface area contributed by atoms with Gasteiger partial charge in [-0.2, -0.15) is 0 Å². The molecule has 0 aliphatic rings. The minimum Gasteiger partial charge on any atom is -0.356 e. The second-order valence-electron chi connectivity index (χ2n) is 5.08. The maximum Gasteiger partial charge on any atom is 0.221 e. The number of amides is 1. The van der Waals surface area contributed by atoms with Crippen LogP contribution in [0.1, 0.15) is 47.0 Å². The summed E-state index contributed by atoms with van der Waals surface area (Å²) in [7, 11) is 0. The third-order valence-corrected chi connectivity index (χ3v) is 1.89. The van der Waals surface area contributed by atoms with E-state index in [2.05, 4.69) is 26.1 Å². The molecule has 14 heavy (non-hydrogen) atoms. The number of hydrogen-bond acceptors (Lipinski definition) is 2. The molecule has 3 nitrogen and oxygen atoms in total. The van der Waals surface area contributed by atoms with Crippen LogP contribution in [-0.2, 0) is 4.79 Å². The van der Waals surface area contributed by atoms with E-state index < -0.39 is 0 Å². The summed E-state index contributed by atoms with van der Waals surface area (Å²) in [5.41, 5.74) is 6.07. The number of hydrogen-bond donors (Lipinski definition) is 2. The highest BCUT2D eigenvalue weighted by Crippen LogP contribution is 2.20. The van der Waals surface area contributed by atoms with Crippen LogP contribution in [0.3, 0.4) is 0 Å². The molecule has 0 aliphatic carbocycles. The largest absolute Gasteiger partial charge is 0.356 e. The van der Waals surface area contributed by atoms with Gasteiger partial charge in [-0.3, -0.25) is 4.79 Å². The Hall–Kier alpha value is -0.570. The molecule has 1 amide bonds. The van der Waals surface area contributed by atoms with Gasteiger partial charge < -0.3 is 11.1 Å². The van der Waals surface area contributed by atoms with Gasteiger partial charge in [0.1, 0.15) is 0 Å². The van der Waals surface area contributed by atoms with Gasteiger partial charge in [-0.15, -0.1) is 0 Å². The van der Waals surface area contributed by atoms with Crippen molar-refractivity contribution in [2.75, 3.05) is 6.54 Å². The van der Waals surface area contributed by atoms with Gasteiger partial charge in [0.15, 0.2) is 0 Å². The van der Waals surface area contributed by atoms with Crippen molar-refractivity contribution in [3.8, 4) is 0 Å². The van der Waals surface area contributed by atoms with Crippen LogP contribution in [0, 0.1) is 5.41 Å². The first-order valence-electron chi connectivity index (χ1n) is 5.37. The van der Waals surface area contributed by atoms with Crippen LogP contribution in [-0.4, -0.2) is 18.5 Å². The maximum absolute atomic E-state index is 11.3. The maximum atomic E-state index is 11.3. The summed E-state index contributed by atoms with van der Waals surface area (Å²) in [6.45, 7) is 9.20. The second-order valence-corrected chi connectivity index (χ2v) is 5.08. The molecule has 0 bridgehead atoms. The van der Waals surface area contributed by atoms with Crippen LogP contribution in [0.5, 0.6) is 0 Å². The Kier molecular flexibility index (Phi) is 5.77. The average Bonchev–Trinajstić information content (AvgIpc) is 1.96. The smallest absolute Gasteiger partial charge is 0.221 e. The van der Waals surface area contributed by atoms with Gasteiger partial charge in [0.25, 0.3) is 0 Å². The fraction of sp³-hybridized carbons (Fsp3) is 0.909. The van der Waals surface area contributed by atoms with Gasteiger partial charge in [-0.1, -0.05) is 27.7 Å². The van der Waals surface area contributed by atoms with E-state index >= 15 is 0 Å². The summed E-state index contributed by atoms with van der Waals surface area (Å²) in [6.07, 6.45) is 2.30. The van der Waals surface area contributed by atoms with Crippen molar-refractivity contribution >= 4 is 5.91 Å². The molecule has 0 fully saturated rings. The fourth-order valence-corrected chi connectivity index (χ4v) is 1.43. The quantitative estimate of drug-likeness (QED) is 0.709. The summed E-state index contributed by atoms with van der Waals surface area (Å²) in [5, 5.41) is 2.83. The summed E-state index contributed by atoms with van der Waals surface area (Å²) >= 11 is 0. The summed E-state index contributed by atoms with van der Waals surface area (Å²) < 4.78 is 0. The third kappa shape index (κ3) is 8.05. The van der Waals surface area contributed by atoms with Crippen LogP contribution >= 0.6 is 0 Å². The lowest BCUT2D eigenvalue weighted by atomic mass is 9.87. The molecular weight excluding hydrogens is 176 g/mol. The fourth-order valence-electron chi connectivity index (χ4n) is 1.43. The van der Waals surface area contributed by atoms with Crippen LogP contribution in [0.2, 0.25) is 0 Å². The zero-order valence-electron chi connectivity index (χ0n) is 9.89. The van der Waals surface area contributed by atoms with Gasteiger partial charge >= 0.3 is 0 Å². The van der Waals surface area contributed by atoms with E-state index in [9.17, 15) is 4.79 Å². The number of nitrogens with two attached hydrogens (primary N) is 1. The molecule has 0 saturated carbocycles. The molecule has 0 aromatic rings. The van der Waals surface area contributed by atoms with Crippen molar-refractivity contribution in [3.05, 3.63) is 0 Å². The van der Waals surface area contributed by atoms with Gasteiger partial charge in [-0.05, 0) is 18.3 Å². The summed E-state index contributed by atoms with van der Waals surface area (Å²) in [4.78, 5) is 11.3. The van der Waals surface area contributed by atoms with Crippen molar-refractivity contribution < 1.29 is 4.79 Å². The van der Waals surface area contributed by atoms with Crippen molar-refractivity contribution in [3.63, 3.8) is 0 Å². The minimum absolute atomic E-state index is 0.0214. The Morgan fingerprint density at radius 3 is 2.43 bits per heavy atom. The van der Waals surface area contributed by atoms with E-state index in [-0.39, 0.29) is 17.4 Å². The lowest BCUT2D eigenvalue weighted by molar-refractivity contribution is -0.121. The highest BCUT2D eigenvalue weighted by Gasteiger charge is 2.17. The number of rotatable bonds is 5. The van der Waals surface area contributed by atoms with Crippen molar-refractivity contribution in [1.29, 1.82) is 0 Å². The first kappa shape index (κ1) is 13.4. The van der Waals surface area contributed by atoms with E-state index in [1.807, 2.05) is 6.92 Å². The molecule has 84 valence electrons. The third-order valence-electron chi connectivity index (χ3n) is 1.89. The SMILES string of the molecule is CCCNC(=O)CC(N)CC(C)(C)C. The molecule has 0 aromatic carbocycles. The Balaban J connectivity index is 3.71. The van der Waals surface area contributed by atoms with E-state index in [0.29, 0.717) is 6.42 Å². The Morgan fingerprint density at radius 2 is 2.00 bits per heavy atom. The topological polar surface area (TPSA) is 55.1 Å². The van der Waals surface area contributed by atoms with E-state index in [1.54, 1.807) is 0 Å². The van der Waals surface area contributed by atoms with Gasteiger partial charge in [0.05, 0.1) is 0 Å². The van der Waals surface area contributed by atoms with Crippen molar-refractivity contribution in [1.82, 2.24) is 5.32 Å². The summed E-state index contributed by atoms with van der Waals surface area (Å²) in [6, 6.07) is -0.0214. The molecule has 1 atom stereocenters. The van der Waals surface area contributed by atoms with Gasteiger partial charge in [-0.25, -0.2) is 0 Å². The van der Waals surface area contributed by atoms with Crippen LogP contribution in [0.15, 0.2) is 0 Å². The highest BCUT2D eigenvalue weighted by atomic mass is 16.1. The second kappa shape index (κ2) is 6.02. The van der Waals surface area contributed by atoms with Crippen LogP contribution < -0.4 is 11.1 Å². The number of carbonyl (C=O) groups excluding carboxylic acids is 1. The predicted octanol–water partition coefficient (Wildman–Crippen LogP) is 1.67. The molecule has 0 rings (SSSR count). The Morgan fingerprint density at radius 1 is 1.43 bits per heavy atom. The highest BCUT2D eigenvalue weighted by molar-refractivity contribution is 5.76. The van der Waals surface area contributed by atoms with Crippen LogP contribution in [0.4, 0.5) is 0 Å². The minimum atomic E-state index is -0.0214. The summed E-state index contributed by atoms with van der Waals surface area (Å²) in [5.74, 6) is 0.0728. The van der Waals surface area contributed by atoms with Crippen molar-refractivity contribution in [2.24, 2.45) is 11.1 Å². The molecule has 0 aliphatic heterocycles. The molecule has 3 N–H and O–H groups in total. The lowest BCUT2D eigenvalue weighted by Crippen LogP contribution is -2.34. The number of nitrogens with one attached hydrogen (secondary N) is 1. The van der Waals surface area contributed by atoms with E-state index in [4.69, 9.17) is 5.73 Å². The predicted molar refractivity (Wildman–Crippen MR) is 60.0 cm³/mol. The zero-order valence-corrected chi connectivity index (χ0v) is 9.89. The van der Waals surface area contributed by atoms with E-state index in [1.165, 1.54) is 0 Å². The first-order valence-corrected chi connectivity index (χ1v) is 5.37. The molecule has 0 aromatic heterocycles. The molecule has 0 spiro atoms. The first-order chi connectivity index (χ1) is 6.35. The molecule has 0 radical (unpaired) electrons. The zero-order chi connectivity index (χ0) is 11.2. The molecule has 3 heteroatoms. The average molecular weight is 200 g/mol. The molecule has 0 heterocycles. The van der Waals surface area contributed by atoms with Crippen molar-refractivity contribution in [2.45, 2.75) is 53.0 Å². The number of carbonyl (C=O) groups is 1. The van der Waals surface area contributed by atoms with Crippen LogP contribution in [0.25, 0.3) is 0 Å². The Labute approximate surface area is 87.4 Å². The van der Waals surface area contributed by atoms with Gasteiger partial charge in [0.2, 0.25) is 5.91 Å². The van der Waals surface area contributed by atoms with Gasteiger partial charge in [0, 0.05) is 19.0 Å². The molecular formula is C11H24N2O. The monoisotopic (exact) mass is 200 g/mol.